The molecule has 0 aromatic carbocycles. The van der Waals surface area contributed by atoms with E-state index in [9.17, 15) is 9.59 Å². The third kappa shape index (κ3) is 4.18. The van der Waals surface area contributed by atoms with Gasteiger partial charge >= 0.3 is 5.97 Å². The van der Waals surface area contributed by atoms with Gasteiger partial charge in [-0.2, -0.15) is 0 Å². The number of amides is 1. The molecule has 0 aromatic heterocycles. The number of carboxylic acid groups (broad SMARTS) is 1. The van der Waals surface area contributed by atoms with E-state index in [-0.39, 0.29) is 5.91 Å². The number of carbonyl (C=O) groups excluding carboxylic acids is 1. The van der Waals surface area contributed by atoms with Gasteiger partial charge in [-0.05, 0) is 26.3 Å². The minimum Gasteiger partial charge on any atom is -0.480 e. The van der Waals surface area contributed by atoms with Gasteiger partial charge < -0.3 is 10.4 Å². The molecule has 16 heavy (non-hydrogen) atoms. The van der Waals surface area contributed by atoms with Crippen molar-refractivity contribution in [1.82, 2.24) is 10.2 Å². The predicted octanol–water partition coefficient (Wildman–Crippen LogP) is 0.450. The molecule has 1 rings (SSSR count). The Kier molecular flexibility index (Phi) is 4.73. The van der Waals surface area contributed by atoms with Crippen LogP contribution in [0.25, 0.3) is 0 Å². The van der Waals surface area contributed by atoms with Crippen molar-refractivity contribution in [2.45, 2.75) is 44.7 Å². The number of nitrogens with one attached hydrogen (secondary N) is 1. The monoisotopic (exact) mass is 228 g/mol. The van der Waals surface area contributed by atoms with Crippen molar-refractivity contribution < 1.29 is 14.7 Å². The predicted molar refractivity (Wildman–Crippen MR) is 60.1 cm³/mol. The largest absolute Gasteiger partial charge is 0.480 e. The molecule has 2 N–H and O–H groups in total. The fourth-order valence-electron chi connectivity index (χ4n) is 1.64. The van der Waals surface area contributed by atoms with E-state index in [1.165, 1.54) is 0 Å². The number of aliphatic carboxylic acids is 1. The van der Waals surface area contributed by atoms with E-state index < -0.39 is 12.0 Å². The van der Waals surface area contributed by atoms with E-state index in [4.69, 9.17) is 5.11 Å². The molecule has 1 fully saturated rings. The second kappa shape index (κ2) is 5.84. The molecular weight excluding hydrogens is 208 g/mol. The van der Waals surface area contributed by atoms with Crippen LogP contribution in [-0.2, 0) is 9.59 Å². The van der Waals surface area contributed by atoms with Crippen LogP contribution in [-0.4, -0.2) is 47.6 Å². The Morgan fingerprint density at radius 3 is 2.56 bits per heavy atom. The van der Waals surface area contributed by atoms with Gasteiger partial charge in [0.25, 0.3) is 0 Å². The normalized spacial score (nSPS) is 17.2. The SMILES string of the molecule is CCC(C(=O)O)N(C)CCC(=O)NC1CC1. The van der Waals surface area contributed by atoms with Gasteiger partial charge in [0, 0.05) is 19.0 Å². The summed E-state index contributed by atoms with van der Waals surface area (Å²) in [5, 5.41) is 11.8. The van der Waals surface area contributed by atoms with E-state index in [1.807, 2.05) is 6.92 Å². The Balaban J connectivity index is 2.23. The number of carboxylic acids is 1. The number of hydrogen-bond acceptors (Lipinski definition) is 3. The molecule has 0 heterocycles. The Morgan fingerprint density at radius 1 is 1.50 bits per heavy atom. The Labute approximate surface area is 95.8 Å². The molecule has 92 valence electrons. The molecule has 1 amide bonds. The molecule has 0 aromatic rings. The van der Waals surface area contributed by atoms with Crippen molar-refractivity contribution in [3.05, 3.63) is 0 Å². The molecular formula is C11H20N2O3. The molecule has 1 aliphatic rings. The Bertz CT molecular complexity index is 264. The lowest BCUT2D eigenvalue weighted by atomic mass is 10.2. The first kappa shape index (κ1) is 13.0. The van der Waals surface area contributed by atoms with Gasteiger partial charge in [0.15, 0.2) is 0 Å². The van der Waals surface area contributed by atoms with Crippen LogP contribution in [0.2, 0.25) is 0 Å². The molecule has 0 saturated heterocycles. The van der Waals surface area contributed by atoms with Crippen LogP contribution in [0.1, 0.15) is 32.6 Å². The lowest BCUT2D eigenvalue weighted by molar-refractivity contribution is -0.143. The number of likely N-dealkylation sites (N-methyl/N-ethyl adjacent to an activating group) is 1. The van der Waals surface area contributed by atoms with Crippen LogP contribution < -0.4 is 5.32 Å². The summed E-state index contributed by atoms with van der Waals surface area (Å²) in [6, 6.07) is -0.118. The molecule has 0 aliphatic heterocycles. The standard InChI is InChI=1S/C11H20N2O3/c1-3-9(11(15)16)13(2)7-6-10(14)12-8-4-5-8/h8-9H,3-7H2,1-2H3,(H,12,14)(H,15,16). The minimum absolute atomic E-state index is 0.0228. The van der Waals surface area contributed by atoms with Gasteiger partial charge in [-0.1, -0.05) is 6.92 Å². The van der Waals surface area contributed by atoms with E-state index in [0.29, 0.717) is 25.4 Å². The highest BCUT2D eigenvalue weighted by Crippen LogP contribution is 2.18. The van der Waals surface area contributed by atoms with Gasteiger partial charge in [0.05, 0.1) is 0 Å². The van der Waals surface area contributed by atoms with Crippen molar-refractivity contribution in [3.8, 4) is 0 Å². The van der Waals surface area contributed by atoms with Gasteiger partial charge in [-0.3, -0.25) is 14.5 Å². The summed E-state index contributed by atoms with van der Waals surface area (Å²) in [6.07, 6.45) is 3.08. The van der Waals surface area contributed by atoms with E-state index in [0.717, 1.165) is 12.8 Å². The smallest absolute Gasteiger partial charge is 0.320 e. The molecule has 0 bridgehead atoms. The maximum atomic E-state index is 11.4. The second-order valence-electron chi connectivity index (χ2n) is 4.33. The van der Waals surface area contributed by atoms with Crippen molar-refractivity contribution in [2.75, 3.05) is 13.6 Å². The molecule has 0 spiro atoms. The van der Waals surface area contributed by atoms with Gasteiger partial charge in [0.2, 0.25) is 5.91 Å². The van der Waals surface area contributed by atoms with E-state index in [2.05, 4.69) is 5.32 Å². The van der Waals surface area contributed by atoms with Gasteiger partial charge in [-0.15, -0.1) is 0 Å². The number of nitrogens with zero attached hydrogens (tertiary/aromatic N) is 1. The van der Waals surface area contributed by atoms with Crippen molar-refractivity contribution >= 4 is 11.9 Å². The summed E-state index contributed by atoms with van der Waals surface area (Å²) in [6.45, 7) is 2.32. The van der Waals surface area contributed by atoms with Crippen LogP contribution in [0.15, 0.2) is 0 Å². The summed E-state index contributed by atoms with van der Waals surface area (Å²) in [5.41, 5.74) is 0. The molecule has 1 atom stereocenters. The fraction of sp³-hybridized carbons (Fsp3) is 0.818. The molecule has 0 radical (unpaired) electrons. The zero-order valence-electron chi connectivity index (χ0n) is 9.90. The third-order valence-electron chi connectivity index (χ3n) is 2.84. The van der Waals surface area contributed by atoms with Crippen LogP contribution in [0.4, 0.5) is 0 Å². The van der Waals surface area contributed by atoms with Gasteiger partial charge in [-0.25, -0.2) is 0 Å². The molecule has 1 saturated carbocycles. The Morgan fingerprint density at radius 2 is 2.12 bits per heavy atom. The maximum absolute atomic E-state index is 11.4. The lowest BCUT2D eigenvalue weighted by Crippen LogP contribution is -2.40. The first-order valence-electron chi connectivity index (χ1n) is 5.77. The molecule has 5 heteroatoms. The number of carbonyl (C=O) groups is 2. The quantitative estimate of drug-likeness (QED) is 0.664. The summed E-state index contributed by atoms with van der Waals surface area (Å²) < 4.78 is 0. The molecule has 1 unspecified atom stereocenters. The number of rotatable bonds is 7. The zero-order chi connectivity index (χ0) is 12.1. The molecule has 5 nitrogen and oxygen atoms in total. The van der Waals surface area contributed by atoms with Crippen LogP contribution in [0.3, 0.4) is 0 Å². The number of hydrogen-bond donors (Lipinski definition) is 2. The van der Waals surface area contributed by atoms with Gasteiger partial charge in [0.1, 0.15) is 6.04 Å². The highest BCUT2D eigenvalue weighted by atomic mass is 16.4. The third-order valence-corrected chi connectivity index (χ3v) is 2.84. The fourth-order valence-corrected chi connectivity index (χ4v) is 1.64. The summed E-state index contributed by atoms with van der Waals surface area (Å²) in [7, 11) is 1.74. The van der Waals surface area contributed by atoms with Crippen molar-refractivity contribution in [3.63, 3.8) is 0 Å². The summed E-state index contributed by atoms with van der Waals surface area (Å²) in [4.78, 5) is 24.0. The van der Waals surface area contributed by atoms with Crippen LogP contribution >= 0.6 is 0 Å². The summed E-state index contributed by atoms with van der Waals surface area (Å²) >= 11 is 0. The lowest BCUT2D eigenvalue weighted by Gasteiger charge is -2.22. The Hall–Kier alpha value is -1.10. The van der Waals surface area contributed by atoms with E-state index >= 15 is 0 Å². The van der Waals surface area contributed by atoms with Crippen molar-refractivity contribution in [2.24, 2.45) is 0 Å². The molecule has 1 aliphatic carbocycles. The first-order chi connectivity index (χ1) is 7.54. The topological polar surface area (TPSA) is 69.6 Å². The maximum Gasteiger partial charge on any atom is 0.320 e. The zero-order valence-corrected chi connectivity index (χ0v) is 9.90. The first-order valence-corrected chi connectivity index (χ1v) is 5.77. The summed E-state index contributed by atoms with van der Waals surface area (Å²) in [5.74, 6) is -0.804. The highest BCUT2D eigenvalue weighted by molar-refractivity contribution is 5.77. The highest BCUT2D eigenvalue weighted by Gasteiger charge is 2.24. The average molecular weight is 228 g/mol. The van der Waals surface area contributed by atoms with Crippen molar-refractivity contribution in [1.29, 1.82) is 0 Å². The second-order valence-corrected chi connectivity index (χ2v) is 4.33. The average Bonchev–Trinajstić information content (AvgIpc) is 2.99. The van der Waals surface area contributed by atoms with Crippen LogP contribution in [0, 0.1) is 0 Å². The minimum atomic E-state index is -0.826. The van der Waals surface area contributed by atoms with Crippen LogP contribution in [0.5, 0.6) is 0 Å². The van der Waals surface area contributed by atoms with E-state index in [1.54, 1.807) is 11.9 Å².